The topological polar surface area (TPSA) is 31.2 Å². The lowest BCUT2D eigenvalue weighted by atomic mass is 9.93. The van der Waals surface area contributed by atoms with Crippen LogP contribution in [0.2, 0.25) is 0 Å². The molecule has 0 spiro atoms. The molecule has 0 amide bonds. The molecule has 27 heavy (non-hydrogen) atoms. The molecule has 0 radical (unpaired) electrons. The normalized spacial score (nSPS) is 10.9. The maximum absolute atomic E-state index is 13.1. The minimum Gasteiger partial charge on any atom is -0.413 e. The molecule has 0 unspecified atom stereocenters. The molecule has 0 atom stereocenters. The summed E-state index contributed by atoms with van der Waals surface area (Å²) >= 11 is 0. The second-order valence-corrected chi connectivity index (χ2v) is 6.78. The first-order valence-corrected chi connectivity index (χ1v) is 8.96. The molecular formula is C24H21NO2. The van der Waals surface area contributed by atoms with Crippen LogP contribution < -0.4 is 10.4 Å². The lowest BCUT2D eigenvalue weighted by molar-refractivity contribution is 0.163. The van der Waals surface area contributed by atoms with Crippen molar-refractivity contribution in [3.05, 3.63) is 94.3 Å². The molecule has 3 aromatic carbocycles. The van der Waals surface area contributed by atoms with Crippen LogP contribution in [0.1, 0.15) is 11.1 Å². The fourth-order valence-electron chi connectivity index (χ4n) is 3.49. The fraction of sp³-hybridized carbons (Fsp3) is 0.125. The highest BCUT2D eigenvalue weighted by atomic mass is 16.6. The minimum atomic E-state index is -0.153. The molecule has 0 aliphatic carbocycles. The number of hydrogen-bond acceptors (Lipinski definition) is 2. The number of nitrogens with zero attached hydrogens (tertiary/aromatic N) is 1. The summed E-state index contributed by atoms with van der Waals surface area (Å²) in [6, 6.07) is 24.2. The van der Waals surface area contributed by atoms with E-state index in [1.807, 2.05) is 48.5 Å². The zero-order chi connectivity index (χ0) is 19.0. The number of aryl methyl sites for hydroxylation is 2. The van der Waals surface area contributed by atoms with E-state index < -0.39 is 0 Å². The van der Waals surface area contributed by atoms with Gasteiger partial charge in [-0.05, 0) is 30.9 Å². The van der Waals surface area contributed by atoms with Crippen molar-refractivity contribution in [2.45, 2.75) is 13.8 Å². The zero-order valence-electron chi connectivity index (χ0n) is 15.7. The molecular weight excluding hydrogens is 334 g/mol. The van der Waals surface area contributed by atoms with Crippen molar-refractivity contribution < 1.29 is 4.84 Å². The van der Waals surface area contributed by atoms with Crippen LogP contribution in [-0.4, -0.2) is 11.8 Å². The molecule has 0 bridgehead atoms. The number of aromatic nitrogens is 1. The highest BCUT2D eigenvalue weighted by Gasteiger charge is 2.20. The summed E-state index contributed by atoms with van der Waals surface area (Å²) in [4.78, 5) is 18.7. The number of pyridine rings is 1. The SMILES string of the molecule is COn1c(-c2ccc(C)cc2)c(-c2ccc(C)cc2)c2ccccc2c1=O. The number of fused-ring (bicyclic) bond motifs is 1. The van der Waals surface area contributed by atoms with Gasteiger partial charge in [0.15, 0.2) is 0 Å². The quantitative estimate of drug-likeness (QED) is 0.517. The molecule has 3 heteroatoms. The van der Waals surface area contributed by atoms with E-state index in [1.54, 1.807) is 0 Å². The lowest BCUT2D eigenvalue weighted by Crippen LogP contribution is -2.27. The molecule has 4 aromatic rings. The summed E-state index contributed by atoms with van der Waals surface area (Å²) in [6.45, 7) is 4.12. The summed E-state index contributed by atoms with van der Waals surface area (Å²) in [5.41, 5.74) is 5.97. The first kappa shape index (κ1) is 17.1. The van der Waals surface area contributed by atoms with Gasteiger partial charge in [-0.15, -0.1) is 4.73 Å². The minimum absolute atomic E-state index is 0.153. The van der Waals surface area contributed by atoms with Gasteiger partial charge < -0.3 is 4.84 Å². The molecule has 0 aliphatic rings. The van der Waals surface area contributed by atoms with E-state index in [4.69, 9.17) is 4.84 Å². The highest BCUT2D eigenvalue weighted by molar-refractivity contribution is 6.02. The standard InChI is InChI=1S/C24H21NO2/c1-16-8-12-18(13-9-16)22-20-6-4-5-7-21(20)24(26)25(27-3)23(22)19-14-10-17(2)11-15-19/h4-15H,1-3H3. The van der Waals surface area contributed by atoms with Crippen molar-refractivity contribution in [1.29, 1.82) is 0 Å². The van der Waals surface area contributed by atoms with E-state index in [1.165, 1.54) is 23.0 Å². The number of rotatable bonds is 3. The Morgan fingerprint density at radius 1 is 0.704 bits per heavy atom. The maximum Gasteiger partial charge on any atom is 0.291 e. The van der Waals surface area contributed by atoms with Crippen LogP contribution in [0.5, 0.6) is 0 Å². The summed E-state index contributed by atoms with van der Waals surface area (Å²) < 4.78 is 1.40. The summed E-state index contributed by atoms with van der Waals surface area (Å²) in [7, 11) is 1.53. The van der Waals surface area contributed by atoms with E-state index >= 15 is 0 Å². The van der Waals surface area contributed by atoms with Crippen molar-refractivity contribution in [1.82, 2.24) is 4.73 Å². The molecule has 1 aromatic heterocycles. The molecule has 1 heterocycles. The van der Waals surface area contributed by atoms with Gasteiger partial charge >= 0.3 is 0 Å². The Labute approximate surface area is 158 Å². The number of hydrogen-bond donors (Lipinski definition) is 0. The van der Waals surface area contributed by atoms with Crippen molar-refractivity contribution >= 4 is 10.8 Å². The van der Waals surface area contributed by atoms with Gasteiger partial charge in [0.1, 0.15) is 7.11 Å². The van der Waals surface area contributed by atoms with Gasteiger partial charge in [-0.2, -0.15) is 0 Å². The molecule has 3 nitrogen and oxygen atoms in total. The molecule has 0 aliphatic heterocycles. The van der Waals surface area contributed by atoms with Crippen LogP contribution in [0.3, 0.4) is 0 Å². The Morgan fingerprint density at radius 3 is 1.78 bits per heavy atom. The third-order valence-corrected chi connectivity index (χ3v) is 4.90. The smallest absolute Gasteiger partial charge is 0.291 e. The van der Waals surface area contributed by atoms with Gasteiger partial charge in [-0.3, -0.25) is 4.79 Å². The molecule has 0 fully saturated rings. The largest absolute Gasteiger partial charge is 0.413 e. The molecule has 0 saturated carbocycles. The predicted molar refractivity (Wildman–Crippen MR) is 111 cm³/mol. The average molecular weight is 355 g/mol. The zero-order valence-corrected chi connectivity index (χ0v) is 15.7. The van der Waals surface area contributed by atoms with Crippen LogP contribution in [-0.2, 0) is 0 Å². The van der Waals surface area contributed by atoms with E-state index in [-0.39, 0.29) is 5.56 Å². The second-order valence-electron chi connectivity index (χ2n) is 6.78. The predicted octanol–water partition coefficient (Wildman–Crippen LogP) is 5.01. The Kier molecular flexibility index (Phi) is 4.28. The van der Waals surface area contributed by atoms with E-state index in [2.05, 4.69) is 38.1 Å². The number of benzene rings is 3. The lowest BCUT2D eigenvalue weighted by Gasteiger charge is -2.19. The summed E-state index contributed by atoms with van der Waals surface area (Å²) in [5.74, 6) is 0. The van der Waals surface area contributed by atoms with Crippen LogP contribution in [0, 0.1) is 13.8 Å². The summed E-state index contributed by atoms with van der Waals surface area (Å²) in [6.07, 6.45) is 0. The van der Waals surface area contributed by atoms with Crippen LogP contribution in [0.4, 0.5) is 0 Å². The summed E-state index contributed by atoms with van der Waals surface area (Å²) in [5, 5.41) is 1.57. The van der Waals surface area contributed by atoms with Crippen molar-refractivity contribution in [3.63, 3.8) is 0 Å². The Hall–Kier alpha value is -3.33. The van der Waals surface area contributed by atoms with Crippen LogP contribution in [0.15, 0.2) is 77.6 Å². The van der Waals surface area contributed by atoms with Gasteiger partial charge in [0.25, 0.3) is 5.56 Å². The first-order chi connectivity index (χ1) is 13.1. The van der Waals surface area contributed by atoms with Crippen molar-refractivity contribution in [3.8, 4) is 22.4 Å². The van der Waals surface area contributed by atoms with Gasteiger partial charge in [0.2, 0.25) is 0 Å². The van der Waals surface area contributed by atoms with E-state index in [0.29, 0.717) is 5.39 Å². The Balaban J connectivity index is 2.19. The molecule has 134 valence electrons. The van der Waals surface area contributed by atoms with Gasteiger partial charge in [0, 0.05) is 11.1 Å². The van der Waals surface area contributed by atoms with Crippen LogP contribution in [0.25, 0.3) is 33.2 Å². The Morgan fingerprint density at radius 2 is 1.22 bits per heavy atom. The van der Waals surface area contributed by atoms with E-state index in [9.17, 15) is 4.79 Å². The van der Waals surface area contributed by atoms with Gasteiger partial charge in [-0.1, -0.05) is 77.9 Å². The fourth-order valence-corrected chi connectivity index (χ4v) is 3.49. The third kappa shape index (κ3) is 2.91. The van der Waals surface area contributed by atoms with Crippen LogP contribution >= 0.6 is 0 Å². The average Bonchev–Trinajstić information content (AvgIpc) is 2.69. The Bertz CT molecular complexity index is 1170. The molecule has 0 N–H and O–H groups in total. The van der Waals surface area contributed by atoms with Gasteiger partial charge in [0.05, 0.1) is 11.1 Å². The third-order valence-electron chi connectivity index (χ3n) is 4.90. The monoisotopic (exact) mass is 355 g/mol. The molecule has 4 rings (SSSR count). The van der Waals surface area contributed by atoms with Crippen molar-refractivity contribution in [2.75, 3.05) is 7.11 Å². The highest BCUT2D eigenvalue weighted by Crippen LogP contribution is 2.36. The first-order valence-electron chi connectivity index (χ1n) is 8.96. The van der Waals surface area contributed by atoms with Crippen molar-refractivity contribution in [2.24, 2.45) is 0 Å². The second kappa shape index (κ2) is 6.76. The van der Waals surface area contributed by atoms with E-state index in [0.717, 1.165) is 27.8 Å². The van der Waals surface area contributed by atoms with Gasteiger partial charge in [-0.25, -0.2) is 0 Å². The maximum atomic E-state index is 13.1. The molecule has 0 saturated heterocycles.